The molecule has 1 fully saturated rings. The zero-order valence-electron chi connectivity index (χ0n) is 11.8. The monoisotopic (exact) mass is 290 g/mol. The molecule has 1 amide bonds. The number of aryl methyl sites for hydroxylation is 1. The van der Waals surface area contributed by atoms with Gasteiger partial charge in [0, 0.05) is 25.4 Å². The van der Waals surface area contributed by atoms with Crippen molar-refractivity contribution in [2.24, 2.45) is 0 Å². The van der Waals surface area contributed by atoms with Crippen LogP contribution in [0.3, 0.4) is 0 Å². The third-order valence-electron chi connectivity index (χ3n) is 3.74. The SMILES string of the molecule is O=C(CCc1nc2ccc(F)cc2[nH]1)NC1CCCNC1. The molecule has 0 spiro atoms. The Balaban J connectivity index is 1.54. The van der Waals surface area contributed by atoms with Gasteiger partial charge in [-0.15, -0.1) is 0 Å². The fraction of sp³-hybridized carbons (Fsp3) is 0.467. The second-order valence-electron chi connectivity index (χ2n) is 5.46. The summed E-state index contributed by atoms with van der Waals surface area (Å²) in [5.74, 6) is 0.461. The number of piperidine rings is 1. The molecule has 1 aliphatic heterocycles. The third kappa shape index (κ3) is 3.58. The van der Waals surface area contributed by atoms with Gasteiger partial charge >= 0.3 is 0 Å². The van der Waals surface area contributed by atoms with Crippen LogP contribution in [0, 0.1) is 5.82 Å². The first-order valence-corrected chi connectivity index (χ1v) is 7.35. The van der Waals surface area contributed by atoms with Crippen LogP contribution in [0.1, 0.15) is 25.1 Å². The molecule has 0 radical (unpaired) electrons. The van der Waals surface area contributed by atoms with Gasteiger partial charge < -0.3 is 15.6 Å². The van der Waals surface area contributed by atoms with Crippen molar-refractivity contribution >= 4 is 16.9 Å². The van der Waals surface area contributed by atoms with Crippen LogP contribution >= 0.6 is 0 Å². The maximum Gasteiger partial charge on any atom is 0.220 e. The number of hydrogen-bond donors (Lipinski definition) is 3. The van der Waals surface area contributed by atoms with E-state index in [2.05, 4.69) is 20.6 Å². The molecule has 1 aromatic heterocycles. The largest absolute Gasteiger partial charge is 0.352 e. The minimum atomic E-state index is -0.291. The second-order valence-corrected chi connectivity index (χ2v) is 5.46. The number of benzene rings is 1. The van der Waals surface area contributed by atoms with Crippen LogP contribution in [0.5, 0.6) is 0 Å². The molecule has 3 rings (SSSR count). The minimum Gasteiger partial charge on any atom is -0.352 e. The Kier molecular flexibility index (Phi) is 4.15. The number of amides is 1. The van der Waals surface area contributed by atoms with E-state index < -0.39 is 0 Å². The maximum atomic E-state index is 13.1. The van der Waals surface area contributed by atoms with Crippen molar-refractivity contribution < 1.29 is 9.18 Å². The van der Waals surface area contributed by atoms with E-state index >= 15 is 0 Å². The summed E-state index contributed by atoms with van der Waals surface area (Å²) in [6, 6.07) is 4.67. The lowest BCUT2D eigenvalue weighted by molar-refractivity contribution is -0.121. The van der Waals surface area contributed by atoms with E-state index in [4.69, 9.17) is 0 Å². The lowest BCUT2D eigenvalue weighted by Gasteiger charge is -2.23. The fourth-order valence-corrected chi connectivity index (χ4v) is 2.66. The Bertz CT molecular complexity index is 634. The second kappa shape index (κ2) is 6.22. The number of halogens is 1. The van der Waals surface area contributed by atoms with E-state index in [-0.39, 0.29) is 17.8 Å². The first kappa shape index (κ1) is 14.0. The summed E-state index contributed by atoms with van der Waals surface area (Å²) in [5.41, 5.74) is 1.39. The van der Waals surface area contributed by atoms with Crippen LogP contribution in [0.2, 0.25) is 0 Å². The van der Waals surface area contributed by atoms with Crippen molar-refractivity contribution in [1.82, 2.24) is 20.6 Å². The fourth-order valence-electron chi connectivity index (χ4n) is 2.66. The summed E-state index contributed by atoms with van der Waals surface area (Å²) in [7, 11) is 0. The number of nitrogens with one attached hydrogen (secondary N) is 3. The minimum absolute atomic E-state index is 0.0373. The number of fused-ring (bicyclic) bond motifs is 1. The van der Waals surface area contributed by atoms with Gasteiger partial charge in [0.2, 0.25) is 5.91 Å². The van der Waals surface area contributed by atoms with Crippen molar-refractivity contribution in [3.8, 4) is 0 Å². The predicted molar refractivity (Wildman–Crippen MR) is 78.4 cm³/mol. The summed E-state index contributed by atoms with van der Waals surface area (Å²) in [4.78, 5) is 19.3. The quantitative estimate of drug-likeness (QED) is 0.799. The Morgan fingerprint density at radius 3 is 3.19 bits per heavy atom. The molecule has 5 nitrogen and oxygen atoms in total. The standard InChI is InChI=1S/C15H19FN4O/c16-10-3-4-12-13(8-10)20-14(19-12)5-6-15(21)18-11-2-1-7-17-9-11/h3-4,8,11,17H,1-2,5-7,9H2,(H,18,21)(H,19,20). The number of nitrogens with zero attached hydrogens (tertiary/aromatic N) is 1. The van der Waals surface area contributed by atoms with Crippen LogP contribution in [0.4, 0.5) is 4.39 Å². The van der Waals surface area contributed by atoms with E-state index in [0.717, 1.165) is 31.4 Å². The highest BCUT2D eigenvalue weighted by atomic mass is 19.1. The topological polar surface area (TPSA) is 69.8 Å². The van der Waals surface area contributed by atoms with Gasteiger partial charge in [-0.25, -0.2) is 9.37 Å². The van der Waals surface area contributed by atoms with Crippen molar-refractivity contribution in [1.29, 1.82) is 0 Å². The van der Waals surface area contributed by atoms with Crippen molar-refractivity contribution in [2.45, 2.75) is 31.7 Å². The van der Waals surface area contributed by atoms with Gasteiger partial charge in [0.15, 0.2) is 0 Å². The lowest BCUT2D eigenvalue weighted by Crippen LogP contribution is -2.45. The highest BCUT2D eigenvalue weighted by Crippen LogP contribution is 2.13. The number of carbonyl (C=O) groups is 1. The number of aromatic amines is 1. The van der Waals surface area contributed by atoms with Crippen LogP contribution in [0.15, 0.2) is 18.2 Å². The number of carbonyl (C=O) groups excluding carboxylic acids is 1. The van der Waals surface area contributed by atoms with Gasteiger partial charge in [0.05, 0.1) is 11.0 Å². The maximum absolute atomic E-state index is 13.1. The smallest absolute Gasteiger partial charge is 0.220 e. The number of H-pyrrole nitrogens is 1. The van der Waals surface area contributed by atoms with Crippen molar-refractivity contribution in [3.05, 3.63) is 29.8 Å². The predicted octanol–water partition coefficient (Wildman–Crippen LogP) is 1.50. The molecule has 0 bridgehead atoms. The summed E-state index contributed by atoms with van der Waals surface area (Å²) in [5, 5.41) is 6.30. The Labute approximate surface area is 122 Å². The summed E-state index contributed by atoms with van der Waals surface area (Å²) in [6.07, 6.45) is 3.05. The van der Waals surface area contributed by atoms with Crippen molar-refractivity contribution in [3.63, 3.8) is 0 Å². The number of aromatic nitrogens is 2. The molecule has 1 unspecified atom stereocenters. The molecule has 1 aliphatic rings. The zero-order valence-corrected chi connectivity index (χ0v) is 11.8. The Morgan fingerprint density at radius 1 is 1.48 bits per heavy atom. The molecule has 2 heterocycles. The molecule has 1 atom stereocenters. The molecule has 3 N–H and O–H groups in total. The molecule has 0 aliphatic carbocycles. The van der Waals surface area contributed by atoms with E-state index in [1.807, 2.05) is 0 Å². The highest BCUT2D eigenvalue weighted by molar-refractivity contribution is 5.77. The van der Waals surface area contributed by atoms with Crippen LogP contribution in [-0.4, -0.2) is 35.0 Å². The van der Waals surface area contributed by atoms with Gasteiger partial charge in [-0.05, 0) is 37.6 Å². The van der Waals surface area contributed by atoms with Gasteiger partial charge in [-0.2, -0.15) is 0 Å². The van der Waals surface area contributed by atoms with Gasteiger partial charge in [-0.1, -0.05) is 0 Å². The molecule has 0 saturated carbocycles. The lowest BCUT2D eigenvalue weighted by atomic mass is 10.1. The average molecular weight is 290 g/mol. The molecule has 6 heteroatoms. The number of rotatable bonds is 4. The zero-order chi connectivity index (χ0) is 14.7. The van der Waals surface area contributed by atoms with Crippen LogP contribution < -0.4 is 10.6 Å². The van der Waals surface area contributed by atoms with E-state index in [0.29, 0.717) is 24.2 Å². The first-order chi connectivity index (χ1) is 10.2. The molecular formula is C15H19FN4O. The normalized spacial score (nSPS) is 18.8. The van der Waals surface area contributed by atoms with Gasteiger partial charge in [0.25, 0.3) is 0 Å². The Hall–Kier alpha value is -1.95. The average Bonchev–Trinajstić information content (AvgIpc) is 2.88. The van der Waals surface area contributed by atoms with E-state index in [1.54, 1.807) is 6.07 Å². The molecule has 1 saturated heterocycles. The third-order valence-corrected chi connectivity index (χ3v) is 3.74. The molecular weight excluding hydrogens is 271 g/mol. The van der Waals surface area contributed by atoms with Crippen molar-refractivity contribution in [2.75, 3.05) is 13.1 Å². The van der Waals surface area contributed by atoms with Gasteiger partial charge in [0.1, 0.15) is 11.6 Å². The number of hydrogen-bond acceptors (Lipinski definition) is 3. The van der Waals surface area contributed by atoms with Crippen LogP contribution in [-0.2, 0) is 11.2 Å². The molecule has 1 aromatic carbocycles. The Morgan fingerprint density at radius 2 is 2.38 bits per heavy atom. The van der Waals surface area contributed by atoms with E-state index in [1.165, 1.54) is 12.1 Å². The molecule has 2 aromatic rings. The van der Waals surface area contributed by atoms with Gasteiger partial charge in [-0.3, -0.25) is 4.79 Å². The summed E-state index contributed by atoms with van der Waals surface area (Å²) < 4.78 is 13.1. The van der Waals surface area contributed by atoms with Crippen LogP contribution in [0.25, 0.3) is 11.0 Å². The highest BCUT2D eigenvalue weighted by Gasteiger charge is 2.15. The summed E-state index contributed by atoms with van der Waals surface area (Å²) >= 11 is 0. The number of imidazole rings is 1. The first-order valence-electron chi connectivity index (χ1n) is 7.35. The summed E-state index contributed by atoms with van der Waals surface area (Å²) in [6.45, 7) is 1.87. The molecule has 112 valence electrons. The van der Waals surface area contributed by atoms with E-state index in [9.17, 15) is 9.18 Å². The molecule has 21 heavy (non-hydrogen) atoms.